The van der Waals surface area contributed by atoms with Gasteiger partial charge in [0.25, 0.3) is 5.91 Å². The van der Waals surface area contributed by atoms with Crippen LogP contribution in [0.15, 0.2) is 5.38 Å². The average molecular weight is 257 g/mol. The second-order valence-corrected chi connectivity index (χ2v) is 4.56. The molecule has 1 atom stereocenters. The van der Waals surface area contributed by atoms with Gasteiger partial charge in [0.15, 0.2) is 0 Å². The Hall–Kier alpha value is -1.47. The third-order valence-electron chi connectivity index (χ3n) is 2.24. The Morgan fingerprint density at radius 1 is 1.65 bits per heavy atom. The molecule has 0 aliphatic rings. The molecule has 0 aliphatic carbocycles. The molecule has 0 saturated heterocycles. The Morgan fingerprint density at radius 3 is 2.88 bits per heavy atom. The van der Waals surface area contributed by atoms with Crippen molar-refractivity contribution in [1.29, 1.82) is 0 Å². The molecule has 94 valence electrons. The van der Waals surface area contributed by atoms with Crippen molar-refractivity contribution in [2.45, 2.75) is 19.9 Å². The van der Waals surface area contributed by atoms with Gasteiger partial charge in [0.1, 0.15) is 10.7 Å². The van der Waals surface area contributed by atoms with E-state index in [9.17, 15) is 9.59 Å². The van der Waals surface area contributed by atoms with Gasteiger partial charge in [-0.25, -0.2) is 4.98 Å². The summed E-state index contributed by atoms with van der Waals surface area (Å²) in [6, 6.07) is 0. The van der Waals surface area contributed by atoms with E-state index in [1.165, 1.54) is 11.3 Å². The summed E-state index contributed by atoms with van der Waals surface area (Å²) in [4.78, 5) is 26.1. The first-order valence-electron chi connectivity index (χ1n) is 5.20. The first-order valence-corrected chi connectivity index (χ1v) is 6.08. The fourth-order valence-corrected chi connectivity index (χ4v) is 1.78. The Kier molecular flexibility index (Phi) is 5.05. The molecule has 0 spiro atoms. The molecule has 0 aromatic carbocycles. The minimum Gasteiger partial charge on any atom is -0.481 e. The van der Waals surface area contributed by atoms with Gasteiger partial charge in [-0.3, -0.25) is 9.59 Å². The number of aromatic nitrogens is 1. The van der Waals surface area contributed by atoms with Crippen LogP contribution in [-0.4, -0.2) is 28.5 Å². The van der Waals surface area contributed by atoms with E-state index in [2.05, 4.69) is 10.3 Å². The standard InChI is InChI=1S/C10H15N3O3S/c1-6(10(15)16)2-3-12-9(14)7-5-17-8(4-11)13-7/h5-6H,2-4,11H2,1H3,(H,12,14)(H,15,16). The zero-order valence-electron chi connectivity index (χ0n) is 9.47. The van der Waals surface area contributed by atoms with Gasteiger partial charge in [-0.2, -0.15) is 0 Å². The number of nitrogens with zero attached hydrogens (tertiary/aromatic N) is 1. The van der Waals surface area contributed by atoms with Crippen LogP contribution in [0.25, 0.3) is 0 Å². The van der Waals surface area contributed by atoms with E-state index >= 15 is 0 Å². The van der Waals surface area contributed by atoms with Crippen LogP contribution < -0.4 is 11.1 Å². The molecular formula is C10H15N3O3S. The minimum absolute atomic E-state index is 0.293. The van der Waals surface area contributed by atoms with Gasteiger partial charge in [0.2, 0.25) is 0 Å². The average Bonchev–Trinajstić information content (AvgIpc) is 2.77. The molecule has 1 unspecified atom stereocenters. The molecule has 17 heavy (non-hydrogen) atoms. The normalized spacial score (nSPS) is 12.1. The fraction of sp³-hybridized carbons (Fsp3) is 0.500. The number of rotatable bonds is 6. The van der Waals surface area contributed by atoms with Crippen molar-refractivity contribution in [2.24, 2.45) is 11.7 Å². The van der Waals surface area contributed by atoms with Crippen LogP contribution in [0.2, 0.25) is 0 Å². The van der Waals surface area contributed by atoms with Crippen molar-refractivity contribution in [3.05, 3.63) is 16.1 Å². The summed E-state index contributed by atoms with van der Waals surface area (Å²) in [7, 11) is 0. The molecule has 0 radical (unpaired) electrons. The molecule has 1 rings (SSSR count). The molecule has 1 aromatic rings. The van der Waals surface area contributed by atoms with E-state index in [1.807, 2.05) is 0 Å². The number of thiazole rings is 1. The molecule has 0 aliphatic heterocycles. The molecular weight excluding hydrogens is 242 g/mol. The van der Waals surface area contributed by atoms with Crippen molar-refractivity contribution in [2.75, 3.05) is 6.54 Å². The molecule has 0 bridgehead atoms. The minimum atomic E-state index is -0.863. The van der Waals surface area contributed by atoms with Gasteiger partial charge in [0, 0.05) is 18.5 Å². The van der Waals surface area contributed by atoms with Crippen LogP contribution in [0.4, 0.5) is 0 Å². The number of aliphatic carboxylic acids is 1. The van der Waals surface area contributed by atoms with Crippen molar-refractivity contribution in [1.82, 2.24) is 10.3 Å². The number of carboxylic acid groups (broad SMARTS) is 1. The molecule has 0 saturated carbocycles. The van der Waals surface area contributed by atoms with Crippen molar-refractivity contribution < 1.29 is 14.7 Å². The lowest BCUT2D eigenvalue weighted by Gasteiger charge is -2.06. The summed E-state index contributed by atoms with van der Waals surface area (Å²) in [6.45, 7) is 2.24. The second-order valence-electron chi connectivity index (χ2n) is 3.61. The van der Waals surface area contributed by atoms with Crippen molar-refractivity contribution in [3.63, 3.8) is 0 Å². The molecule has 1 aromatic heterocycles. The van der Waals surface area contributed by atoms with Crippen molar-refractivity contribution >= 4 is 23.2 Å². The van der Waals surface area contributed by atoms with Crippen LogP contribution in [0.5, 0.6) is 0 Å². The zero-order valence-corrected chi connectivity index (χ0v) is 10.3. The monoisotopic (exact) mass is 257 g/mol. The van der Waals surface area contributed by atoms with Gasteiger partial charge < -0.3 is 16.2 Å². The third-order valence-corrected chi connectivity index (χ3v) is 3.11. The van der Waals surface area contributed by atoms with E-state index in [4.69, 9.17) is 10.8 Å². The number of carboxylic acids is 1. The smallest absolute Gasteiger partial charge is 0.306 e. The zero-order chi connectivity index (χ0) is 12.8. The first-order chi connectivity index (χ1) is 8.04. The van der Waals surface area contributed by atoms with Gasteiger partial charge in [-0.1, -0.05) is 6.92 Å². The molecule has 4 N–H and O–H groups in total. The molecule has 6 nitrogen and oxygen atoms in total. The predicted octanol–water partition coefficient (Wildman–Crippen LogP) is 0.442. The van der Waals surface area contributed by atoms with E-state index in [0.29, 0.717) is 30.2 Å². The first kappa shape index (κ1) is 13.6. The summed E-state index contributed by atoms with van der Waals surface area (Å²) in [5, 5.41) is 13.6. The van der Waals surface area contributed by atoms with E-state index in [-0.39, 0.29) is 5.91 Å². The van der Waals surface area contributed by atoms with Gasteiger partial charge in [0.05, 0.1) is 5.92 Å². The highest BCUT2D eigenvalue weighted by Gasteiger charge is 2.13. The Labute approximate surface area is 103 Å². The third kappa shape index (κ3) is 4.12. The van der Waals surface area contributed by atoms with Gasteiger partial charge in [-0.05, 0) is 6.42 Å². The van der Waals surface area contributed by atoms with E-state index < -0.39 is 11.9 Å². The van der Waals surface area contributed by atoms with Crippen LogP contribution in [0, 0.1) is 5.92 Å². The largest absolute Gasteiger partial charge is 0.481 e. The second kappa shape index (κ2) is 6.31. The van der Waals surface area contributed by atoms with E-state index in [0.717, 1.165) is 0 Å². The number of carbonyl (C=O) groups is 2. The highest BCUT2D eigenvalue weighted by atomic mass is 32.1. The quantitative estimate of drug-likeness (QED) is 0.686. The highest BCUT2D eigenvalue weighted by molar-refractivity contribution is 7.09. The maximum atomic E-state index is 11.6. The lowest BCUT2D eigenvalue weighted by atomic mass is 10.1. The lowest BCUT2D eigenvalue weighted by Crippen LogP contribution is -2.27. The lowest BCUT2D eigenvalue weighted by molar-refractivity contribution is -0.141. The van der Waals surface area contributed by atoms with Gasteiger partial charge >= 0.3 is 5.97 Å². The number of carbonyl (C=O) groups excluding carboxylic acids is 1. The Bertz CT molecular complexity index is 405. The SMILES string of the molecule is CC(CCNC(=O)c1csc(CN)n1)C(=O)O. The molecule has 1 amide bonds. The maximum absolute atomic E-state index is 11.6. The molecule has 7 heteroatoms. The topological polar surface area (TPSA) is 105 Å². The number of nitrogens with two attached hydrogens (primary N) is 1. The fourth-order valence-electron chi connectivity index (χ4n) is 1.13. The summed E-state index contributed by atoms with van der Waals surface area (Å²) >= 11 is 1.33. The summed E-state index contributed by atoms with van der Waals surface area (Å²) < 4.78 is 0. The highest BCUT2D eigenvalue weighted by Crippen LogP contribution is 2.08. The number of hydrogen-bond donors (Lipinski definition) is 3. The van der Waals surface area contributed by atoms with Crippen LogP contribution in [-0.2, 0) is 11.3 Å². The van der Waals surface area contributed by atoms with Crippen molar-refractivity contribution in [3.8, 4) is 0 Å². The molecule has 0 fully saturated rings. The van der Waals surface area contributed by atoms with Gasteiger partial charge in [-0.15, -0.1) is 11.3 Å². The van der Waals surface area contributed by atoms with Crippen LogP contribution in [0.3, 0.4) is 0 Å². The maximum Gasteiger partial charge on any atom is 0.306 e. The Balaban J connectivity index is 2.37. The number of nitrogens with one attached hydrogen (secondary N) is 1. The van der Waals surface area contributed by atoms with E-state index in [1.54, 1.807) is 12.3 Å². The Morgan fingerprint density at radius 2 is 2.35 bits per heavy atom. The van der Waals surface area contributed by atoms with Crippen LogP contribution >= 0.6 is 11.3 Å². The number of amides is 1. The predicted molar refractivity (Wildman–Crippen MR) is 63.8 cm³/mol. The summed E-state index contributed by atoms with van der Waals surface area (Å²) in [5.41, 5.74) is 5.72. The van der Waals surface area contributed by atoms with Crippen LogP contribution in [0.1, 0.15) is 28.8 Å². The summed E-state index contributed by atoms with van der Waals surface area (Å²) in [6.07, 6.45) is 0.398. The summed E-state index contributed by atoms with van der Waals surface area (Å²) in [5.74, 6) is -1.62. The molecule has 1 heterocycles. The number of hydrogen-bond acceptors (Lipinski definition) is 5.